The van der Waals surface area contributed by atoms with E-state index in [0.717, 1.165) is 0 Å². The van der Waals surface area contributed by atoms with Crippen LogP contribution in [0.1, 0.15) is 18.5 Å². The zero-order valence-corrected chi connectivity index (χ0v) is 15.7. The summed E-state index contributed by atoms with van der Waals surface area (Å²) in [6, 6.07) is 12.9. The van der Waals surface area contributed by atoms with Crippen LogP contribution in [0.25, 0.3) is 0 Å². The zero-order chi connectivity index (χ0) is 20.5. The van der Waals surface area contributed by atoms with E-state index in [2.05, 4.69) is 16.0 Å². The maximum absolute atomic E-state index is 13.3. The predicted molar refractivity (Wildman–Crippen MR) is 104 cm³/mol. The lowest BCUT2D eigenvalue weighted by molar-refractivity contribution is -0.126. The van der Waals surface area contributed by atoms with E-state index in [-0.39, 0.29) is 6.54 Å². The Balaban J connectivity index is 2.12. The van der Waals surface area contributed by atoms with Crippen LogP contribution in [0.2, 0.25) is 0 Å². The predicted octanol–water partition coefficient (Wildman–Crippen LogP) is 2.28. The summed E-state index contributed by atoms with van der Waals surface area (Å²) in [7, 11) is 1.60. The van der Waals surface area contributed by atoms with Gasteiger partial charge in [-0.15, -0.1) is 0 Å². The molecule has 0 heterocycles. The highest BCUT2D eigenvalue weighted by atomic mass is 19.1. The van der Waals surface area contributed by atoms with Crippen molar-refractivity contribution in [1.29, 1.82) is 0 Å². The minimum Gasteiger partial charge on any atom is -0.338 e. The first-order chi connectivity index (χ1) is 13.4. The van der Waals surface area contributed by atoms with Gasteiger partial charge in [-0.2, -0.15) is 0 Å². The van der Waals surface area contributed by atoms with E-state index in [1.54, 1.807) is 50.4 Å². The standard InChI is InChI=1S/C20H23FN4O3/c1-3-22-20(28)24-19(27)18(14-8-5-4-6-9-14)25(2)13-17(26)23-16-11-7-10-15(21)12-16/h4-12,18H,3,13H2,1-2H3,(H,23,26)(H2,22,24,27,28)/t18-/m1/s1. The first-order valence-electron chi connectivity index (χ1n) is 8.80. The number of likely N-dealkylation sites (N-methyl/N-ethyl adjacent to an activating group) is 1. The van der Waals surface area contributed by atoms with Gasteiger partial charge in [-0.05, 0) is 37.7 Å². The van der Waals surface area contributed by atoms with Gasteiger partial charge in [0, 0.05) is 12.2 Å². The van der Waals surface area contributed by atoms with Gasteiger partial charge in [0.15, 0.2) is 0 Å². The third-order valence-corrected chi connectivity index (χ3v) is 3.88. The van der Waals surface area contributed by atoms with Crippen LogP contribution >= 0.6 is 0 Å². The normalized spacial score (nSPS) is 11.6. The Morgan fingerprint density at radius 2 is 1.79 bits per heavy atom. The second kappa shape index (κ2) is 10.2. The Hall–Kier alpha value is -3.26. The molecule has 8 heteroatoms. The van der Waals surface area contributed by atoms with Gasteiger partial charge in [-0.3, -0.25) is 19.8 Å². The highest BCUT2D eigenvalue weighted by molar-refractivity contribution is 5.98. The van der Waals surface area contributed by atoms with Crippen molar-refractivity contribution < 1.29 is 18.8 Å². The quantitative estimate of drug-likeness (QED) is 0.681. The van der Waals surface area contributed by atoms with Crippen molar-refractivity contribution in [3.63, 3.8) is 0 Å². The summed E-state index contributed by atoms with van der Waals surface area (Å²) in [5.74, 6) is -1.44. The number of amides is 4. The lowest BCUT2D eigenvalue weighted by Gasteiger charge is -2.26. The van der Waals surface area contributed by atoms with Crippen molar-refractivity contribution in [3.05, 3.63) is 66.0 Å². The smallest absolute Gasteiger partial charge is 0.321 e. The number of urea groups is 1. The molecule has 0 aliphatic rings. The fourth-order valence-electron chi connectivity index (χ4n) is 2.71. The van der Waals surface area contributed by atoms with Gasteiger partial charge < -0.3 is 10.6 Å². The highest BCUT2D eigenvalue weighted by Crippen LogP contribution is 2.19. The van der Waals surface area contributed by atoms with E-state index < -0.39 is 29.7 Å². The van der Waals surface area contributed by atoms with Crippen molar-refractivity contribution in [1.82, 2.24) is 15.5 Å². The third kappa shape index (κ3) is 6.17. The van der Waals surface area contributed by atoms with Crippen molar-refractivity contribution >= 4 is 23.5 Å². The Kier molecular flexibility index (Phi) is 7.65. The van der Waals surface area contributed by atoms with Crippen LogP contribution in [-0.2, 0) is 9.59 Å². The maximum Gasteiger partial charge on any atom is 0.321 e. The molecule has 2 rings (SSSR count). The van der Waals surface area contributed by atoms with Crippen molar-refractivity contribution in [2.75, 3.05) is 25.5 Å². The lowest BCUT2D eigenvalue weighted by Crippen LogP contribution is -2.46. The first-order valence-corrected chi connectivity index (χ1v) is 8.80. The molecule has 0 unspecified atom stereocenters. The SMILES string of the molecule is CCNC(=O)NC(=O)[C@@H](c1ccccc1)N(C)CC(=O)Nc1cccc(F)c1. The van der Waals surface area contributed by atoms with E-state index in [4.69, 9.17) is 0 Å². The first kappa shape index (κ1) is 21.0. The zero-order valence-electron chi connectivity index (χ0n) is 15.7. The molecule has 0 bridgehead atoms. The average molecular weight is 386 g/mol. The minimum absolute atomic E-state index is 0.140. The van der Waals surface area contributed by atoms with Gasteiger partial charge in [-0.1, -0.05) is 36.4 Å². The molecule has 1 atom stereocenters. The summed E-state index contributed by atoms with van der Waals surface area (Å²) >= 11 is 0. The third-order valence-electron chi connectivity index (χ3n) is 3.88. The molecule has 0 saturated carbocycles. The number of imide groups is 1. The molecule has 0 aliphatic carbocycles. The summed E-state index contributed by atoms with van der Waals surface area (Å²) in [5, 5.41) is 7.36. The Morgan fingerprint density at radius 3 is 2.43 bits per heavy atom. The number of anilines is 1. The van der Waals surface area contributed by atoms with Gasteiger partial charge in [0.25, 0.3) is 0 Å². The summed E-state index contributed by atoms with van der Waals surface area (Å²) < 4.78 is 13.3. The number of carbonyl (C=O) groups is 3. The molecule has 0 fully saturated rings. The van der Waals surface area contributed by atoms with Gasteiger partial charge in [-0.25, -0.2) is 9.18 Å². The van der Waals surface area contributed by atoms with E-state index in [0.29, 0.717) is 17.8 Å². The Bertz CT molecular complexity index is 829. The molecule has 28 heavy (non-hydrogen) atoms. The molecule has 0 spiro atoms. The molecule has 3 N–H and O–H groups in total. The van der Waals surface area contributed by atoms with Crippen LogP contribution in [0.3, 0.4) is 0 Å². The fourth-order valence-corrected chi connectivity index (χ4v) is 2.71. The Labute approximate surface area is 162 Å². The molecule has 148 valence electrons. The number of hydrogen-bond acceptors (Lipinski definition) is 4. The van der Waals surface area contributed by atoms with Gasteiger partial charge in [0.2, 0.25) is 11.8 Å². The van der Waals surface area contributed by atoms with Gasteiger partial charge in [0.1, 0.15) is 11.9 Å². The molecule has 0 aliphatic heterocycles. The molecule has 4 amide bonds. The van der Waals surface area contributed by atoms with E-state index in [9.17, 15) is 18.8 Å². The molecule has 0 aromatic heterocycles. The van der Waals surface area contributed by atoms with Crippen LogP contribution < -0.4 is 16.0 Å². The van der Waals surface area contributed by atoms with Gasteiger partial charge in [0.05, 0.1) is 6.54 Å². The summed E-state index contributed by atoms with van der Waals surface area (Å²) in [5.41, 5.74) is 0.951. The summed E-state index contributed by atoms with van der Waals surface area (Å²) in [4.78, 5) is 38.2. The molecule has 2 aromatic carbocycles. The summed E-state index contributed by atoms with van der Waals surface area (Å²) in [6.07, 6.45) is 0. The lowest BCUT2D eigenvalue weighted by atomic mass is 10.0. The van der Waals surface area contributed by atoms with Crippen LogP contribution in [0.15, 0.2) is 54.6 Å². The second-order valence-electron chi connectivity index (χ2n) is 6.14. The van der Waals surface area contributed by atoms with E-state index in [1.807, 2.05) is 0 Å². The Morgan fingerprint density at radius 1 is 1.07 bits per heavy atom. The van der Waals surface area contributed by atoms with Crippen molar-refractivity contribution in [2.24, 2.45) is 0 Å². The molecular formula is C20H23FN4O3. The molecule has 2 aromatic rings. The fraction of sp³-hybridized carbons (Fsp3) is 0.250. The number of nitrogens with one attached hydrogen (secondary N) is 3. The second-order valence-corrected chi connectivity index (χ2v) is 6.14. The van der Waals surface area contributed by atoms with Gasteiger partial charge >= 0.3 is 6.03 Å². The molecule has 0 saturated heterocycles. The number of benzene rings is 2. The van der Waals surface area contributed by atoms with Crippen molar-refractivity contribution in [3.8, 4) is 0 Å². The highest BCUT2D eigenvalue weighted by Gasteiger charge is 2.27. The minimum atomic E-state index is -0.859. The van der Waals surface area contributed by atoms with Crippen LogP contribution in [0.5, 0.6) is 0 Å². The largest absolute Gasteiger partial charge is 0.338 e. The number of carbonyl (C=O) groups excluding carboxylic acids is 3. The van der Waals surface area contributed by atoms with Crippen molar-refractivity contribution in [2.45, 2.75) is 13.0 Å². The van der Waals surface area contributed by atoms with E-state index in [1.165, 1.54) is 23.1 Å². The molecule has 7 nitrogen and oxygen atoms in total. The van der Waals surface area contributed by atoms with Crippen LogP contribution in [-0.4, -0.2) is 42.9 Å². The van der Waals surface area contributed by atoms with Crippen LogP contribution in [0, 0.1) is 5.82 Å². The number of hydrogen-bond donors (Lipinski definition) is 3. The average Bonchev–Trinajstić information content (AvgIpc) is 2.62. The monoisotopic (exact) mass is 386 g/mol. The number of nitrogens with zero attached hydrogens (tertiary/aromatic N) is 1. The topological polar surface area (TPSA) is 90.5 Å². The number of rotatable bonds is 7. The van der Waals surface area contributed by atoms with E-state index >= 15 is 0 Å². The molecule has 0 radical (unpaired) electrons. The number of halogens is 1. The maximum atomic E-state index is 13.3. The molecular weight excluding hydrogens is 363 g/mol. The van der Waals surface area contributed by atoms with Crippen LogP contribution in [0.4, 0.5) is 14.9 Å². The summed E-state index contributed by atoms with van der Waals surface area (Å²) in [6.45, 7) is 1.97.